The lowest BCUT2D eigenvalue weighted by Crippen LogP contribution is -2.05. The van der Waals surface area contributed by atoms with E-state index < -0.39 is 0 Å². The molecule has 0 spiro atoms. The fourth-order valence-corrected chi connectivity index (χ4v) is 1.17. The van der Waals surface area contributed by atoms with Gasteiger partial charge in [-0.2, -0.15) is 5.10 Å². The summed E-state index contributed by atoms with van der Waals surface area (Å²) in [4.78, 5) is 0. The molecule has 0 fully saturated rings. The van der Waals surface area contributed by atoms with Gasteiger partial charge in [0.15, 0.2) is 0 Å². The van der Waals surface area contributed by atoms with Crippen LogP contribution in [0.15, 0.2) is 43.0 Å². The number of nitrogens with zero attached hydrogens (tertiary/aromatic N) is 3. The molecule has 2 heterocycles. The van der Waals surface area contributed by atoms with E-state index in [1.807, 2.05) is 29.1 Å². The molecule has 12 heavy (non-hydrogen) atoms. The third kappa shape index (κ3) is 1.56. The minimum atomic E-state index is 0.932. The Balaban J connectivity index is 1.91. The van der Waals surface area contributed by atoms with Crippen molar-refractivity contribution in [3.05, 3.63) is 43.0 Å². The lowest BCUT2D eigenvalue weighted by atomic mass is 10.6. The first kappa shape index (κ1) is 7.16. The van der Waals surface area contributed by atoms with Crippen LogP contribution in [-0.2, 0) is 13.1 Å². The first-order chi connectivity index (χ1) is 5.95. The number of hydrogen-bond acceptors (Lipinski definition) is 1. The molecule has 2 rings (SSSR count). The molecule has 0 saturated heterocycles. The zero-order valence-electron chi connectivity index (χ0n) is 6.80. The summed E-state index contributed by atoms with van der Waals surface area (Å²) in [5.41, 5.74) is 0. The van der Waals surface area contributed by atoms with E-state index >= 15 is 0 Å². The van der Waals surface area contributed by atoms with Crippen LogP contribution < -0.4 is 0 Å². The van der Waals surface area contributed by atoms with Crippen LogP contribution in [-0.4, -0.2) is 14.3 Å². The van der Waals surface area contributed by atoms with Crippen molar-refractivity contribution in [3.8, 4) is 0 Å². The highest BCUT2D eigenvalue weighted by atomic mass is 15.3. The molecule has 3 nitrogen and oxygen atoms in total. The zero-order valence-corrected chi connectivity index (χ0v) is 6.80. The molecule has 0 radical (unpaired) electrons. The van der Waals surface area contributed by atoms with Gasteiger partial charge in [-0.15, -0.1) is 0 Å². The van der Waals surface area contributed by atoms with Crippen LogP contribution in [0.5, 0.6) is 0 Å². The summed E-state index contributed by atoms with van der Waals surface area (Å²) in [6.07, 6.45) is 7.90. The SMILES string of the molecule is c1ccn(CCn2cccn2)c1. The summed E-state index contributed by atoms with van der Waals surface area (Å²) in [6.45, 7) is 1.91. The predicted octanol–water partition coefficient (Wildman–Crippen LogP) is 1.38. The molecular formula is C9H11N3. The lowest BCUT2D eigenvalue weighted by Gasteiger charge is -2.02. The number of aromatic nitrogens is 3. The highest BCUT2D eigenvalue weighted by Crippen LogP contribution is 1.92. The molecule has 0 aliphatic rings. The molecular weight excluding hydrogens is 150 g/mol. The Morgan fingerprint density at radius 3 is 2.42 bits per heavy atom. The molecule has 0 amide bonds. The zero-order chi connectivity index (χ0) is 8.23. The van der Waals surface area contributed by atoms with Gasteiger partial charge in [-0.25, -0.2) is 0 Å². The first-order valence-corrected chi connectivity index (χ1v) is 4.03. The molecule has 2 aromatic rings. The molecule has 0 saturated carbocycles. The Hall–Kier alpha value is -1.51. The van der Waals surface area contributed by atoms with Crippen LogP contribution >= 0.6 is 0 Å². The number of hydrogen-bond donors (Lipinski definition) is 0. The van der Waals surface area contributed by atoms with Crippen molar-refractivity contribution >= 4 is 0 Å². The second-order valence-electron chi connectivity index (χ2n) is 2.69. The monoisotopic (exact) mass is 161 g/mol. The van der Waals surface area contributed by atoms with Crippen LogP contribution in [0.4, 0.5) is 0 Å². The van der Waals surface area contributed by atoms with E-state index in [4.69, 9.17) is 0 Å². The standard InChI is InChI=1S/C9H11N3/c1-2-6-11(5-1)8-9-12-7-3-4-10-12/h1-7H,8-9H2. The summed E-state index contributed by atoms with van der Waals surface area (Å²) >= 11 is 0. The quantitative estimate of drug-likeness (QED) is 0.667. The van der Waals surface area contributed by atoms with Crippen molar-refractivity contribution in [3.63, 3.8) is 0 Å². The van der Waals surface area contributed by atoms with E-state index in [2.05, 4.69) is 22.1 Å². The van der Waals surface area contributed by atoms with Gasteiger partial charge in [0.1, 0.15) is 0 Å². The van der Waals surface area contributed by atoms with Crippen molar-refractivity contribution < 1.29 is 0 Å². The van der Waals surface area contributed by atoms with Gasteiger partial charge in [-0.1, -0.05) is 0 Å². The molecule has 0 N–H and O–H groups in total. The van der Waals surface area contributed by atoms with E-state index in [9.17, 15) is 0 Å². The highest BCUT2D eigenvalue weighted by molar-refractivity contribution is 4.90. The fourth-order valence-electron chi connectivity index (χ4n) is 1.17. The van der Waals surface area contributed by atoms with E-state index in [-0.39, 0.29) is 0 Å². The Morgan fingerprint density at radius 2 is 1.75 bits per heavy atom. The summed E-state index contributed by atoms with van der Waals surface area (Å²) in [7, 11) is 0. The minimum absolute atomic E-state index is 0.932. The molecule has 0 atom stereocenters. The predicted molar refractivity (Wildman–Crippen MR) is 46.7 cm³/mol. The number of aryl methyl sites for hydroxylation is 2. The average Bonchev–Trinajstić information content (AvgIpc) is 2.74. The Morgan fingerprint density at radius 1 is 0.917 bits per heavy atom. The largest absolute Gasteiger partial charge is 0.352 e. The summed E-state index contributed by atoms with van der Waals surface area (Å²) < 4.78 is 4.07. The maximum atomic E-state index is 4.12. The second-order valence-corrected chi connectivity index (χ2v) is 2.69. The van der Waals surface area contributed by atoms with Crippen molar-refractivity contribution in [2.75, 3.05) is 0 Å². The molecule has 0 aliphatic carbocycles. The van der Waals surface area contributed by atoms with E-state index in [0.717, 1.165) is 13.1 Å². The van der Waals surface area contributed by atoms with Crippen LogP contribution in [0, 0.1) is 0 Å². The van der Waals surface area contributed by atoms with Crippen molar-refractivity contribution in [2.24, 2.45) is 0 Å². The van der Waals surface area contributed by atoms with E-state index in [1.54, 1.807) is 6.20 Å². The van der Waals surface area contributed by atoms with Crippen molar-refractivity contribution in [2.45, 2.75) is 13.1 Å². The summed E-state index contributed by atoms with van der Waals surface area (Å²) in [5, 5.41) is 4.12. The normalized spacial score (nSPS) is 10.3. The topological polar surface area (TPSA) is 22.8 Å². The van der Waals surface area contributed by atoms with Gasteiger partial charge >= 0.3 is 0 Å². The third-order valence-electron chi connectivity index (χ3n) is 1.81. The van der Waals surface area contributed by atoms with Gasteiger partial charge in [0.25, 0.3) is 0 Å². The van der Waals surface area contributed by atoms with Crippen molar-refractivity contribution in [1.82, 2.24) is 14.3 Å². The van der Waals surface area contributed by atoms with Gasteiger partial charge < -0.3 is 4.57 Å². The van der Waals surface area contributed by atoms with Crippen molar-refractivity contribution in [1.29, 1.82) is 0 Å². The number of rotatable bonds is 3. The second kappa shape index (κ2) is 3.26. The van der Waals surface area contributed by atoms with Crippen LogP contribution in [0.1, 0.15) is 0 Å². The van der Waals surface area contributed by atoms with Gasteiger partial charge in [-0.3, -0.25) is 4.68 Å². The third-order valence-corrected chi connectivity index (χ3v) is 1.81. The highest BCUT2D eigenvalue weighted by Gasteiger charge is 1.90. The maximum Gasteiger partial charge on any atom is 0.0588 e. The lowest BCUT2D eigenvalue weighted by molar-refractivity contribution is 0.535. The maximum absolute atomic E-state index is 4.12. The van der Waals surface area contributed by atoms with Gasteiger partial charge in [0, 0.05) is 31.3 Å². The van der Waals surface area contributed by atoms with Crippen LogP contribution in [0.2, 0.25) is 0 Å². The molecule has 0 aromatic carbocycles. The molecule has 0 unspecified atom stereocenters. The van der Waals surface area contributed by atoms with Gasteiger partial charge in [-0.05, 0) is 18.2 Å². The molecule has 62 valence electrons. The smallest absolute Gasteiger partial charge is 0.0588 e. The Bertz CT molecular complexity index is 273. The van der Waals surface area contributed by atoms with E-state index in [1.165, 1.54) is 0 Å². The van der Waals surface area contributed by atoms with Crippen LogP contribution in [0.25, 0.3) is 0 Å². The first-order valence-electron chi connectivity index (χ1n) is 4.03. The summed E-state index contributed by atoms with van der Waals surface area (Å²) in [5.74, 6) is 0. The van der Waals surface area contributed by atoms with E-state index in [0.29, 0.717) is 0 Å². The molecule has 2 aromatic heterocycles. The average molecular weight is 161 g/mol. The molecule has 0 bridgehead atoms. The summed E-state index contributed by atoms with van der Waals surface area (Å²) in [6, 6.07) is 6.00. The van der Waals surface area contributed by atoms with Crippen LogP contribution in [0.3, 0.4) is 0 Å². The molecule has 3 heteroatoms. The Labute approximate surface area is 71.2 Å². The Kier molecular flexibility index (Phi) is 1.94. The molecule has 0 aliphatic heterocycles. The fraction of sp³-hybridized carbons (Fsp3) is 0.222. The van der Waals surface area contributed by atoms with Gasteiger partial charge in [0.05, 0.1) is 6.54 Å². The van der Waals surface area contributed by atoms with Gasteiger partial charge in [0.2, 0.25) is 0 Å². The minimum Gasteiger partial charge on any atom is -0.352 e.